The zero-order valence-electron chi connectivity index (χ0n) is 22.8. The van der Waals surface area contributed by atoms with Gasteiger partial charge in [0, 0.05) is 13.0 Å². The van der Waals surface area contributed by atoms with E-state index in [2.05, 4.69) is 10.2 Å². The minimum Gasteiger partial charge on any atom is -0.394 e. The highest BCUT2D eigenvalue weighted by molar-refractivity contribution is 5.75. The number of aliphatic hydroxyl groups excluding tert-OH is 7. The van der Waals surface area contributed by atoms with Gasteiger partial charge >= 0.3 is 0 Å². The third kappa shape index (κ3) is 9.92. The van der Waals surface area contributed by atoms with E-state index in [1.54, 1.807) is 6.92 Å². The number of hydrogen-bond acceptors (Lipinski definition) is 11. The van der Waals surface area contributed by atoms with E-state index in [0.717, 1.165) is 25.8 Å². The fourth-order valence-corrected chi connectivity index (χ4v) is 5.24. The summed E-state index contributed by atoms with van der Waals surface area (Å²) in [4.78, 5) is 13.9. The molecule has 0 bridgehead atoms. The summed E-state index contributed by atoms with van der Waals surface area (Å²) in [5.74, 6) is 0.0523. The second-order valence-electron chi connectivity index (χ2n) is 10.6. The molecule has 8 N–H and O–H groups in total. The van der Waals surface area contributed by atoms with Gasteiger partial charge in [-0.25, -0.2) is 0 Å². The Balaban J connectivity index is 1.84. The number of nitrogens with one attached hydrogen (secondary N) is 1. The van der Waals surface area contributed by atoms with E-state index in [9.17, 15) is 40.5 Å². The summed E-state index contributed by atoms with van der Waals surface area (Å²) in [7, 11) is 0. The third-order valence-corrected chi connectivity index (χ3v) is 7.62. The van der Waals surface area contributed by atoms with Crippen molar-refractivity contribution in [3.05, 3.63) is 0 Å². The predicted octanol–water partition coefficient (Wildman–Crippen LogP) is -1.74. The lowest BCUT2D eigenvalue weighted by Gasteiger charge is -2.40. The van der Waals surface area contributed by atoms with Crippen molar-refractivity contribution in [2.45, 2.75) is 126 Å². The van der Waals surface area contributed by atoms with Crippen molar-refractivity contribution in [2.24, 2.45) is 0 Å². The molecule has 1 amide bonds. The molecule has 0 aliphatic carbocycles. The van der Waals surface area contributed by atoms with Gasteiger partial charge in [0.25, 0.3) is 0 Å². The first kappa shape index (κ1) is 33.3. The molecule has 0 aromatic carbocycles. The van der Waals surface area contributed by atoms with Gasteiger partial charge in [-0.1, -0.05) is 6.42 Å². The van der Waals surface area contributed by atoms with E-state index < -0.39 is 67.6 Å². The van der Waals surface area contributed by atoms with Crippen molar-refractivity contribution in [1.29, 1.82) is 0 Å². The number of unbranched alkanes of at least 4 members (excludes halogenated alkanes) is 2. The first-order valence-corrected chi connectivity index (χ1v) is 14.1. The maximum Gasteiger partial charge on any atom is 0.219 e. The second-order valence-corrected chi connectivity index (χ2v) is 10.6. The van der Waals surface area contributed by atoms with Crippen LogP contribution in [0.15, 0.2) is 0 Å². The number of rotatable bonds is 16. The molecule has 10 atom stereocenters. The molecular formula is C26H50N2O10. The molecule has 2 saturated heterocycles. The summed E-state index contributed by atoms with van der Waals surface area (Å²) in [6.45, 7) is 5.88. The van der Waals surface area contributed by atoms with Crippen LogP contribution in [0.3, 0.4) is 0 Å². The lowest BCUT2D eigenvalue weighted by molar-refractivity contribution is -0.230. The number of carbonyl (C=O) groups excluding carboxylic acids is 1. The molecule has 2 heterocycles. The van der Waals surface area contributed by atoms with Crippen LogP contribution >= 0.6 is 0 Å². The van der Waals surface area contributed by atoms with Gasteiger partial charge in [-0.15, -0.1) is 0 Å². The van der Waals surface area contributed by atoms with Gasteiger partial charge in [0.15, 0.2) is 0 Å². The molecule has 12 nitrogen and oxygen atoms in total. The molecule has 2 aliphatic heterocycles. The first-order valence-electron chi connectivity index (χ1n) is 14.1. The van der Waals surface area contributed by atoms with E-state index in [-0.39, 0.29) is 5.91 Å². The molecular weight excluding hydrogens is 500 g/mol. The van der Waals surface area contributed by atoms with Crippen LogP contribution < -0.4 is 5.32 Å². The number of hydrogen-bond donors (Lipinski definition) is 8. The summed E-state index contributed by atoms with van der Waals surface area (Å²) in [5.41, 5.74) is 0. The van der Waals surface area contributed by atoms with E-state index >= 15 is 0 Å². The fraction of sp³-hybridized carbons (Fsp3) is 0.962. The molecule has 224 valence electrons. The van der Waals surface area contributed by atoms with Crippen LogP contribution in [0, 0.1) is 0 Å². The van der Waals surface area contributed by atoms with Gasteiger partial charge in [-0.3, -0.25) is 4.79 Å². The van der Waals surface area contributed by atoms with Gasteiger partial charge in [0.05, 0.1) is 24.9 Å². The second kappa shape index (κ2) is 17.0. The minimum absolute atomic E-state index is 0.0523. The van der Waals surface area contributed by atoms with Crippen LogP contribution in [0.25, 0.3) is 0 Å². The van der Waals surface area contributed by atoms with Gasteiger partial charge in [0.1, 0.15) is 42.7 Å². The van der Waals surface area contributed by atoms with Gasteiger partial charge in [-0.2, -0.15) is 0 Å². The molecule has 38 heavy (non-hydrogen) atoms. The summed E-state index contributed by atoms with van der Waals surface area (Å²) in [6, 6.07) is 0. The molecule has 0 radical (unpaired) electrons. The smallest absolute Gasteiger partial charge is 0.219 e. The van der Waals surface area contributed by atoms with Crippen LogP contribution in [0.2, 0.25) is 0 Å². The molecule has 0 saturated carbocycles. The Labute approximate surface area is 225 Å². The van der Waals surface area contributed by atoms with E-state index in [1.165, 1.54) is 0 Å². The predicted molar refractivity (Wildman–Crippen MR) is 138 cm³/mol. The third-order valence-electron chi connectivity index (χ3n) is 7.62. The standard InChI is InChI=1S/C26H50N2O10/c1-3-27-20(30)11-5-4-6-12-28(13-7-9-17-22(32)25(35)21(31)16(2)37-17)14-8-10-18-23(33)26(36)24(34)19(15-29)38-18/h16-19,21-26,29,31-36H,3-15H2,1-2H3,(H,27,30)/t16-,17-,18+,19+,21+,22+,23+,24+,25+,26+/m0/s1. The summed E-state index contributed by atoms with van der Waals surface area (Å²) in [6.07, 6.45) is -4.94. The van der Waals surface area contributed by atoms with Crippen molar-refractivity contribution in [2.75, 3.05) is 32.8 Å². The van der Waals surface area contributed by atoms with Crippen molar-refractivity contribution < 1.29 is 50.0 Å². The molecule has 2 fully saturated rings. The Morgan fingerprint density at radius 1 is 0.711 bits per heavy atom. The number of ether oxygens (including phenoxy) is 2. The van der Waals surface area contributed by atoms with Crippen molar-refractivity contribution in [1.82, 2.24) is 10.2 Å². The summed E-state index contributed by atoms with van der Waals surface area (Å²) >= 11 is 0. The Hall–Kier alpha value is -0.930. The Bertz CT molecular complexity index is 672. The highest BCUT2D eigenvalue weighted by Gasteiger charge is 2.43. The zero-order valence-corrected chi connectivity index (χ0v) is 22.8. The van der Waals surface area contributed by atoms with Crippen LogP contribution in [0.1, 0.15) is 65.2 Å². The Morgan fingerprint density at radius 2 is 1.24 bits per heavy atom. The molecule has 2 rings (SSSR count). The highest BCUT2D eigenvalue weighted by Crippen LogP contribution is 2.25. The Morgan fingerprint density at radius 3 is 1.82 bits per heavy atom. The average Bonchev–Trinajstić information content (AvgIpc) is 2.89. The van der Waals surface area contributed by atoms with Crippen molar-refractivity contribution in [3.8, 4) is 0 Å². The van der Waals surface area contributed by atoms with Crippen molar-refractivity contribution >= 4 is 5.91 Å². The maximum absolute atomic E-state index is 11.7. The van der Waals surface area contributed by atoms with Crippen LogP contribution in [0.5, 0.6) is 0 Å². The SMILES string of the molecule is CCNC(=O)CCCCCN(CCC[C@@H]1O[C@@H](C)[C@@H](O)[C@@H](O)[C@@H]1O)CCC[C@H]1O[C@H](CO)[C@@H](O)[C@H](O)[C@@H]1O. The van der Waals surface area contributed by atoms with Gasteiger partial charge < -0.3 is 55.4 Å². The minimum atomic E-state index is -1.38. The van der Waals surface area contributed by atoms with Gasteiger partial charge in [0.2, 0.25) is 5.91 Å². The lowest BCUT2D eigenvalue weighted by Crippen LogP contribution is -2.58. The summed E-state index contributed by atoms with van der Waals surface area (Å²) < 4.78 is 11.3. The Kier molecular flexibility index (Phi) is 14.9. The van der Waals surface area contributed by atoms with Crippen molar-refractivity contribution in [3.63, 3.8) is 0 Å². The van der Waals surface area contributed by atoms with Crippen LogP contribution in [-0.4, -0.2) is 140 Å². The average molecular weight is 551 g/mol. The molecule has 0 unspecified atom stereocenters. The topological polar surface area (TPSA) is 192 Å². The number of nitrogens with zero attached hydrogens (tertiary/aromatic N) is 1. The number of aliphatic hydroxyl groups is 7. The molecule has 0 aromatic heterocycles. The molecule has 2 aliphatic rings. The molecule has 0 aromatic rings. The fourth-order valence-electron chi connectivity index (χ4n) is 5.24. The molecule has 0 spiro atoms. The zero-order chi connectivity index (χ0) is 28.2. The van der Waals surface area contributed by atoms with E-state index in [0.29, 0.717) is 51.7 Å². The van der Waals surface area contributed by atoms with E-state index in [1.807, 2.05) is 6.92 Å². The summed E-state index contributed by atoms with van der Waals surface area (Å²) in [5, 5.41) is 72.8. The highest BCUT2D eigenvalue weighted by atomic mass is 16.5. The largest absolute Gasteiger partial charge is 0.394 e. The van der Waals surface area contributed by atoms with Gasteiger partial charge in [-0.05, 0) is 72.0 Å². The molecule has 12 heteroatoms. The number of carbonyl (C=O) groups is 1. The first-order chi connectivity index (χ1) is 18.1. The lowest BCUT2D eigenvalue weighted by atomic mass is 9.92. The normalized spacial score (nSPS) is 35.9. The number of amides is 1. The quantitative estimate of drug-likeness (QED) is 0.102. The van der Waals surface area contributed by atoms with Crippen LogP contribution in [-0.2, 0) is 14.3 Å². The maximum atomic E-state index is 11.7. The van der Waals surface area contributed by atoms with E-state index in [4.69, 9.17) is 9.47 Å². The monoisotopic (exact) mass is 550 g/mol. The van der Waals surface area contributed by atoms with Crippen LogP contribution in [0.4, 0.5) is 0 Å².